The summed E-state index contributed by atoms with van der Waals surface area (Å²) < 4.78 is 5.16. The summed E-state index contributed by atoms with van der Waals surface area (Å²) in [5.74, 6) is 1.24. The maximum Gasteiger partial charge on any atom is 0.259 e. The zero-order valence-electron chi connectivity index (χ0n) is 9.40. The van der Waals surface area contributed by atoms with Gasteiger partial charge < -0.3 is 9.84 Å². The van der Waals surface area contributed by atoms with Crippen LogP contribution in [-0.4, -0.2) is 28.7 Å². The lowest BCUT2D eigenvalue weighted by atomic mass is 10.2. The van der Waals surface area contributed by atoms with Crippen LogP contribution in [0.25, 0.3) is 11.5 Å². The third-order valence-electron chi connectivity index (χ3n) is 2.23. The van der Waals surface area contributed by atoms with Crippen LogP contribution in [-0.2, 0) is 6.42 Å². The van der Waals surface area contributed by atoms with E-state index in [1.807, 2.05) is 26.1 Å². The number of hydrogen-bond acceptors (Lipinski definition) is 5. The number of pyridine rings is 1. The molecule has 0 fully saturated rings. The van der Waals surface area contributed by atoms with Gasteiger partial charge in [-0.2, -0.15) is 4.98 Å². The number of aromatic nitrogens is 3. The van der Waals surface area contributed by atoms with Crippen LogP contribution in [0.1, 0.15) is 11.5 Å². The molecule has 2 heterocycles. The lowest BCUT2D eigenvalue weighted by Gasteiger charge is -1.93. The Kier molecular flexibility index (Phi) is 3.26. The molecule has 0 aliphatic carbocycles. The van der Waals surface area contributed by atoms with Crippen molar-refractivity contribution in [3.8, 4) is 11.5 Å². The summed E-state index contributed by atoms with van der Waals surface area (Å²) in [5.41, 5.74) is 1.83. The highest BCUT2D eigenvalue weighted by Gasteiger charge is 2.08. The van der Waals surface area contributed by atoms with Crippen LogP contribution in [0.4, 0.5) is 0 Å². The van der Waals surface area contributed by atoms with Gasteiger partial charge in [0.2, 0.25) is 0 Å². The Morgan fingerprint density at radius 2 is 2.25 bits per heavy atom. The maximum absolute atomic E-state index is 5.16. The Labute approximate surface area is 93.9 Å². The predicted octanol–water partition coefficient (Wildman–Crippen LogP) is 1.20. The summed E-state index contributed by atoms with van der Waals surface area (Å²) in [6.07, 6.45) is 2.50. The molecule has 0 saturated heterocycles. The predicted molar refractivity (Wildman–Crippen MR) is 59.9 cm³/mol. The Balaban J connectivity index is 2.15. The van der Waals surface area contributed by atoms with E-state index in [9.17, 15) is 0 Å². The molecular formula is C11H14N4O. The third kappa shape index (κ3) is 2.43. The topological polar surface area (TPSA) is 63.8 Å². The average molecular weight is 218 g/mol. The molecule has 16 heavy (non-hydrogen) atoms. The van der Waals surface area contributed by atoms with Crippen molar-refractivity contribution in [2.45, 2.75) is 13.3 Å². The summed E-state index contributed by atoms with van der Waals surface area (Å²) in [5, 5.41) is 6.94. The van der Waals surface area contributed by atoms with Crippen molar-refractivity contribution in [1.82, 2.24) is 20.4 Å². The van der Waals surface area contributed by atoms with Gasteiger partial charge in [-0.15, -0.1) is 0 Å². The number of rotatable bonds is 4. The second kappa shape index (κ2) is 4.85. The highest BCUT2D eigenvalue weighted by atomic mass is 16.5. The quantitative estimate of drug-likeness (QED) is 0.835. The van der Waals surface area contributed by atoms with Crippen LogP contribution in [0.2, 0.25) is 0 Å². The first kappa shape index (κ1) is 10.8. The van der Waals surface area contributed by atoms with E-state index >= 15 is 0 Å². The van der Waals surface area contributed by atoms with Crippen LogP contribution in [0.15, 0.2) is 22.9 Å². The number of likely N-dealkylation sites (N-methyl/N-ethyl adjacent to an activating group) is 1. The van der Waals surface area contributed by atoms with E-state index in [0.717, 1.165) is 24.2 Å². The smallest absolute Gasteiger partial charge is 0.259 e. The molecule has 0 unspecified atom stereocenters. The largest absolute Gasteiger partial charge is 0.334 e. The van der Waals surface area contributed by atoms with Crippen LogP contribution in [0.3, 0.4) is 0 Å². The minimum absolute atomic E-state index is 0.526. The zero-order valence-corrected chi connectivity index (χ0v) is 9.40. The second-order valence-electron chi connectivity index (χ2n) is 3.56. The Bertz CT molecular complexity index is 449. The molecule has 0 saturated carbocycles. The van der Waals surface area contributed by atoms with Gasteiger partial charge in [0, 0.05) is 24.9 Å². The molecule has 0 bridgehead atoms. The Morgan fingerprint density at radius 1 is 1.38 bits per heavy atom. The Hall–Kier alpha value is -1.75. The number of nitrogens with zero attached hydrogens (tertiary/aromatic N) is 3. The zero-order chi connectivity index (χ0) is 11.4. The molecule has 5 heteroatoms. The minimum atomic E-state index is 0.526. The monoisotopic (exact) mass is 218 g/mol. The van der Waals surface area contributed by atoms with Crippen molar-refractivity contribution in [2.75, 3.05) is 13.6 Å². The van der Waals surface area contributed by atoms with E-state index in [-0.39, 0.29) is 0 Å². The first-order valence-electron chi connectivity index (χ1n) is 5.20. The summed E-state index contributed by atoms with van der Waals surface area (Å²) in [7, 11) is 1.89. The van der Waals surface area contributed by atoms with Crippen LogP contribution >= 0.6 is 0 Å². The number of aryl methyl sites for hydroxylation is 1. The molecule has 0 radical (unpaired) electrons. The van der Waals surface area contributed by atoms with E-state index in [4.69, 9.17) is 4.52 Å². The summed E-state index contributed by atoms with van der Waals surface area (Å²) in [4.78, 5) is 8.48. The second-order valence-corrected chi connectivity index (χ2v) is 3.56. The first-order valence-corrected chi connectivity index (χ1v) is 5.20. The van der Waals surface area contributed by atoms with Crippen molar-refractivity contribution >= 4 is 0 Å². The molecule has 0 atom stereocenters. The fourth-order valence-corrected chi connectivity index (χ4v) is 1.30. The van der Waals surface area contributed by atoms with Gasteiger partial charge in [0.05, 0.1) is 5.56 Å². The first-order chi connectivity index (χ1) is 7.79. The van der Waals surface area contributed by atoms with E-state index < -0.39 is 0 Å². The normalized spacial score (nSPS) is 10.6. The van der Waals surface area contributed by atoms with Crippen LogP contribution in [0, 0.1) is 6.92 Å². The van der Waals surface area contributed by atoms with E-state index in [1.165, 1.54) is 0 Å². The molecule has 0 aromatic carbocycles. The van der Waals surface area contributed by atoms with Crippen LogP contribution < -0.4 is 5.32 Å². The summed E-state index contributed by atoms with van der Waals surface area (Å²) >= 11 is 0. The fraction of sp³-hybridized carbons (Fsp3) is 0.364. The molecule has 2 aromatic rings. The van der Waals surface area contributed by atoms with Gasteiger partial charge in [-0.1, -0.05) is 5.16 Å². The van der Waals surface area contributed by atoms with Gasteiger partial charge in [0.25, 0.3) is 5.89 Å². The average Bonchev–Trinajstić information content (AvgIpc) is 2.76. The molecule has 2 rings (SSSR count). The van der Waals surface area contributed by atoms with Crippen molar-refractivity contribution in [2.24, 2.45) is 0 Å². The van der Waals surface area contributed by atoms with Gasteiger partial charge in [0.15, 0.2) is 5.82 Å². The van der Waals surface area contributed by atoms with Crippen molar-refractivity contribution < 1.29 is 4.52 Å². The van der Waals surface area contributed by atoms with E-state index in [1.54, 1.807) is 6.20 Å². The highest BCUT2D eigenvalue weighted by molar-refractivity contribution is 5.50. The molecule has 0 aliphatic rings. The Morgan fingerprint density at radius 3 is 2.94 bits per heavy atom. The van der Waals surface area contributed by atoms with Crippen molar-refractivity contribution in [1.29, 1.82) is 0 Å². The molecule has 0 aliphatic heterocycles. The number of hydrogen-bond donors (Lipinski definition) is 1. The molecule has 1 N–H and O–H groups in total. The van der Waals surface area contributed by atoms with E-state index in [0.29, 0.717) is 11.7 Å². The van der Waals surface area contributed by atoms with Crippen molar-refractivity contribution in [3.05, 3.63) is 29.8 Å². The van der Waals surface area contributed by atoms with Crippen LogP contribution in [0.5, 0.6) is 0 Å². The number of nitrogens with one attached hydrogen (secondary N) is 1. The van der Waals surface area contributed by atoms with Gasteiger partial charge in [-0.25, -0.2) is 0 Å². The summed E-state index contributed by atoms with van der Waals surface area (Å²) in [6.45, 7) is 2.78. The van der Waals surface area contributed by atoms with Gasteiger partial charge in [0.1, 0.15) is 0 Å². The van der Waals surface area contributed by atoms with Gasteiger partial charge in [-0.3, -0.25) is 4.98 Å². The van der Waals surface area contributed by atoms with Gasteiger partial charge in [-0.05, 0) is 26.1 Å². The van der Waals surface area contributed by atoms with Gasteiger partial charge >= 0.3 is 0 Å². The molecular weight excluding hydrogens is 204 g/mol. The van der Waals surface area contributed by atoms with Crippen molar-refractivity contribution in [3.63, 3.8) is 0 Å². The maximum atomic E-state index is 5.16. The molecule has 5 nitrogen and oxygen atoms in total. The molecule has 0 spiro atoms. The summed E-state index contributed by atoms with van der Waals surface area (Å²) in [6, 6.07) is 3.85. The standard InChI is InChI=1S/C11H14N4O/c1-8-3-4-9(7-13-8)11-14-10(15-16-11)5-6-12-2/h3-4,7,12H,5-6H2,1-2H3. The molecule has 0 amide bonds. The molecule has 2 aromatic heterocycles. The molecule has 84 valence electrons. The van der Waals surface area contributed by atoms with E-state index in [2.05, 4.69) is 20.4 Å². The fourth-order valence-electron chi connectivity index (χ4n) is 1.30. The SMILES string of the molecule is CNCCc1noc(-c2ccc(C)nc2)n1. The lowest BCUT2D eigenvalue weighted by Crippen LogP contribution is -2.10. The highest BCUT2D eigenvalue weighted by Crippen LogP contribution is 2.15. The minimum Gasteiger partial charge on any atom is -0.334 e. The third-order valence-corrected chi connectivity index (χ3v) is 2.23. The lowest BCUT2D eigenvalue weighted by molar-refractivity contribution is 0.422.